The van der Waals surface area contributed by atoms with Crippen molar-refractivity contribution < 1.29 is 23.4 Å². The Kier molecular flexibility index (Phi) is 3.46. The van der Waals surface area contributed by atoms with Crippen molar-refractivity contribution in [3.05, 3.63) is 23.8 Å². The second kappa shape index (κ2) is 5.50. The minimum absolute atomic E-state index is 0.413. The monoisotopic (exact) mass is 318 g/mol. The Morgan fingerprint density at radius 3 is 2.70 bits per heavy atom. The number of benzene rings is 1. The van der Waals surface area contributed by atoms with E-state index >= 15 is 0 Å². The normalized spacial score (nSPS) is 20.3. The van der Waals surface area contributed by atoms with Crippen LogP contribution in [0.3, 0.4) is 0 Å². The van der Waals surface area contributed by atoms with Crippen LogP contribution in [0, 0.1) is 0 Å². The largest absolute Gasteiger partial charge is 0.465 e. The standard InChI is InChI=1S/C16H18N2O5/c1-20-14(19)11-3-2-4-12-13(11)17-15(23-12)18-7-5-16(6-8-18)21-9-10-22-16/h2-4H,5-10H2,1H3. The molecule has 1 spiro atoms. The van der Waals surface area contributed by atoms with Crippen molar-refractivity contribution in [1.82, 2.24) is 4.98 Å². The zero-order valence-corrected chi connectivity index (χ0v) is 12.9. The molecule has 7 nitrogen and oxygen atoms in total. The highest BCUT2D eigenvalue weighted by Crippen LogP contribution is 2.34. The first-order valence-electron chi connectivity index (χ1n) is 7.71. The van der Waals surface area contributed by atoms with Gasteiger partial charge in [0.2, 0.25) is 0 Å². The van der Waals surface area contributed by atoms with Crippen LogP contribution in [0.1, 0.15) is 23.2 Å². The van der Waals surface area contributed by atoms with E-state index in [1.165, 1.54) is 7.11 Å². The SMILES string of the molecule is COC(=O)c1cccc2oc(N3CCC4(CC3)OCCO4)nc12. The predicted octanol–water partition coefficient (Wildman–Crippen LogP) is 1.96. The lowest BCUT2D eigenvalue weighted by molar-refractivity contribution is -0.169. The van der Waals surface area contributed by atoms with Gasteiger partial charge < -0.3 is 23.5 Å². The highest BCUT2D eigenvalue weighted by molar-refractivity contribution is 6.01. The highest BCUT2D eigenvalue weighted by atomic mass is 16.7. The molecule has 0 bridgehead atoms. The Morgan fingerprint density at radius 1 is 1.26 bits per heavy atom. The Hall–Kier alpha value is -2.12. The van der Waals surface area contributed by atoms with Gasteiger partial charge in [-0.05, 0) is 12.1 Å². The van der Waals surface area contributed by atoms with Crippen molar-refractivity contribution in [3.63, 3.8) is 0 Å². The van der Waals surface area contributed by atoms with Gasteiger partial charge in [0.25, 0.3) is 6.01 Å². The van der Waals surface area contributed by atoms with E-state index in [1.54, 1.807) is 18.2 Å². The Morgan fingerprint density at radius 2 is 2.00 bits per heavy atom. The maximum atomic E-state index is 11.8. The summed E-state index contributed by atoms with van der Waals surface area (Å²) < 4.78 is 22.1. The van der Waals surface area contributed by atoms with Crippen molar-refractivity contribution in [1.29, 1.82) is 0 Å². The number of aromatic nitrogens is 1. The van der Waals surface area contributed by atoms with Crippen molar-refractivity contribution >= 4 is 23.1 Å². The van der Waals surface area contributed by atoms with Gasteiger partial charge in [0.15, 0.2) is 11.4 Å². The van der Waals surface area contributed by atoms with E-state index in [-0.39, 0.29) is 0 Å². The lowest BCUT2D eigenvalue weighted by Gasteiger charge is -2.36. The smallest absolute Gasteiger partial charge is 0.340 e. The lowest BCUT2D eigenvalue weighted by atomic mass is 10.0. The summed E-state index contributed by atoms with van der Waals surface area (Å²) in [5, 5.41) is 0. The van der Waals surface area contributed by atoms with Gasteiger partial charge in [-0.1, -0.05) is 6.07 Å². The predicted molar refractivity (Wildman–Crippen MR) is 81.4 cm³/mol. The molecular weight excluding hydrogens is 300 g/mol. The molecule has 122 valence electrons. The third kappa shape index (κ3) is 2.46. The summed E-state index contributed by atoms with van der Waals surface area (Å²) in [4.78, 5) is 18.4. The first kappa shape index (κ1) is 14.5. The summed E-state index contributed by atoms with van der Waals surface area (Å²) in [7, 11) is 1.36. The minimum Gasteiger partial charge on any atom is -0.465 e. The fourth-order valence-electron chi connectivity index (χ4n) is 3.17. The number of fused-ring (bicyclic) bond motifs is 1. The van der Waals surface area contributed by atoms with Crippen LogP contribution in [0.5, 0.6) is 0 Å². The molecule has 0 saturated carbocycles. The zero-order valence-electron chi connectivity index (χ0n) is 12.9. The minimum atomic E-state index is -0.431. The van der Waals surface area contributed by atoms with Crippen molar-refractivity contribution in [2.75, 3.05) is 38.3 Å². The molecule has 23 heavy (non-hydrogen) atoms. The fraction of sp³-hybridized carbons (Fsp3) is 0.500. The quantitative estimate of drug-likeness (QED) is 0.784. The number of hydrogen-bond donors (Lipinski definition) is 0. The summed E-state index contributed by atoms with van der Waals surface area (Å²) in [6.07, 6.45) is 1.55. The zero-order chi connectivity index (χ0) is 15.9. The molecule has 0 aliphatic carbocycles. The number of para-hydroxylation sites is 1. The molecule has 2 aromatic rings. The number of rotatable bonds is 2. The van der Waals surface area contributed by atoms with Crippen molar-refractivity contribution in [2.45, 2.75) is 18.6 Å². The molecule has 2 aliphatic rings. The summed E-state index contributed by atoms with van der Waals surface area (Å²) in [6.45, 7) is 2.79. The molecular formula is C16H18N2O5. The van der Waals surface area contributed by atoms with Gasteiger partial charge in [0, 0.05) is 25.9 Å². The summed E-state index contributed by atoms with van der Waals surface area (Å²) >= 11 is 0. The molecule has 4 rings (SSSR count). The van der Waals surface area contributed by atoms with Gasteiger partial charge in [-0.25, -0.2) is 4.79 Å². The van der Waals surface area contributed by atoms with Gasteiger partial charge in [0.1, 0.15) is 5.52 Å². The molecule has 3 heterocycles. The fourth-order valence-corrected chi connectivity index (χ4v) is 3.17. The average molecular weight is 318 g/mol. The molecule has 7 heteroatoms. The van der Waals surface area contributed by atoms with Crippen LogP contribution in [0.2, 0.25) is 0 Å². The number of hydrogen-bond acceptors (Lipinski definition) is 7. The number of carbonyl (C=O) groups excluding carboxylic acids is 1. The van der Waals surface area contributed by atoms with E-state index in [9.17, 15) is 4.79 Å². The maximum Gasteiger partial charge on any atom is 0.340 e. The Labute approximate surface area is 133 Å². The van der Waals surface area contributed by atoms with Gasteiger partial charge in [-0.3, -0.25) is 0 Å². The van der Waals surface area contributed by atoms with Crippen molar-refractivity contribution in [2.24, 2.45) is 0 Å². The molecule has 2 aliphatic heterocycles. The van der Waals surface area contributed by atoms with E-state index in [2.05, 4.69) is 9.88 Å². The van der Waals surface area contributed by atoms with Crippen LogP contribution >= 0.6 is 0 Å². The number of ether oxygens (including phenoxy) is 3. The molecule has 0 N–H and O–H groups in total. The first-order valence-corrected chi connectivity index (χ1v) is 7.71. The highest BCUT2D eigenvalue weighted by Gasteiger charge is 2.40. The molecule has 0 unspecified atom stereocenters. The second-order valence-electron chi connectivity index (χ2n) is 5.73. The van der Waals surface area contributed by atoms with E-state index in [0.29, 0.717) is 35.9 Å². The van der Waals surface area contributed by atoms with Crippen LogP contribution in [0.25, 0.3) is 11.1 Å². The maximum absolute atomic E-state index is 11.8. The Bertz CT molecular complexity index is 725. The first-order chi connectivity index (χ1) is 11.2. The topological polar surface area (TPSA) is 74.0 Å². The van der Waals surface area contributed by atoms with E-state index in [0.717, 1.165) is 25.9 Å². The molecule has 0 radical (unpaired) electrons. The number of piperidine rings is 1. The summed E-state index contributed by atoms with van der Waals surface area (Å²) in [5.74, 6) is -0.847. The third-order valence-electron chi connectivity index (χ3n) is 4.42. The number of methoxy groups -OCH3 is 1. The molecule has 0 atom stereocenters. The Balaban J connectivity index is 1.59. The van der Waals surface area contributed by atoms with Crippen LogP contribution in [0.4, 0.5) is 6.01 Å². The van der Waals surface area contributed by atoms with E-state index < -0.39 is 11.8 Å². The molecule has 2 saturated heterocycles. The molecule has 2 fully saturated rings. The lowest BCUT2D eigenvalue weighted by Crippen LogP contribution is -2.45. The number of anilines is 1. The third-order valence-corrected chi connectivity index (χ3v) is 4.42. The van der Waals surface area contributed by atoms with Crippen molar-refractivity contribution in [3.8, 4) is 0 Å². The van der Waals surface area contributed by atoms with E-state index in [4.69, 9.17) is 18.6 Å². The number of nitrogens with zero attached hydrogens (tertiary/aromatic N) is 2. The van der Waals surface area contributed by atoms with Crippen LogP contribution in [-0.4, -0.2) is 50.2 Å². The molecule has 1 aromatic heterocycles. The number of esters is 1. The van der Waals surface area contributed by atoms with Crippen LogP contribution in [0.15, 0.2) is 22.6 Å². The average Bonchev–Trinajstić information content (AvgIpc) is 3.21. The summed E-state index contributed by atoms with van der Waals surface area (Å²) in [5.41, 5.74) is 1.52. The van der Waals surface area contributed by atoms with Gasteiger partial charge in [-0.2, -0.15) is 4.98 Å². The van der Waals surface area contributed by atoms with Gasteiger partial charge >= 0.3 is 5.97 Å². The number of carbonyl (C=O) groups is 1. The molecule has 1 aromatic carbocycles. The van der Waals surface area contributed by atoms with Gasteiger partial charge in [0.05, 0.1) is 25.9 Å². The van der Waals surface area contributed by atoms with E-state index in [1.807, 2.05) is 0 Å². The summed E-state index contributed by atoms with van der Waals surface area (Å²) in [6, 6.07) is 5.76. The van der Waals surface area contributed by atoms with Gasteiger partial charge in [-0.15, -0.1) is 0 Å². The number of oxazole rings is 1. The second-order valence-corrected chi connectivity index (χ2v) is 5.73. The van der Waals surface area contributed by atoms with Crippen LogP contribution < -0.4 is 4.90 Å². The molecule has 0 amide bonds. The van der Waals surface area contributed by atoms with Crippen LogP contribution in [-0.2, 0) is 14.2 Å².